The SMILES string of the molecule is CC1(C)SC(C)(C)C1C(=O)O. The average Bonchev–Trinajstić information content (AvgIpc) is 1.53. The van der Waals surface area contributed by atoms with Crippen molar-refractivity contribution in [2.45, 2.75) is 37.2 Å². The molecule has 0 amide bonds. The zero-order valence-corrected chi connectivity index (χ0v) is 8.16. The van der Waals surface area contributed by atoms with E-state index >= 15 is 0 Å². The van der Waals surface area contributed by atoms with E-state index in [-0.39, 0.29) is 15.4 Å². The van der Waals surface area contributed by atoms with E-state index in [1.165, 1.54) is 0 Å². The maximum atomic E-state index is 10.8. The fraction of sp³-hybridized carbons (Fsp3) is 0.875. The van der Waals surface area contributed by atoms with Crippen molar-refractivity contribution in [2.75, 3.05) is 0 Å². The third-order valence-electron chi connectivity index (χ3n) is 2.16. The predicted octanol–water partition coefficient (Wildman–Crippen LogP) is 1.99. The molecule has 1 fully saturated rings. The maximum Gasteiger partial charge on any atom is 0.309 e. The third-order valence-corrected chi connectivity index (χ3v) is 3.69. The summed E-state index contributed by atoms with van der Waals surface area (Å²) in [5.41, 5.74) is 0. The topological polar surface area (TPSA) is 37.3 Å². The van der Waals surface area contributed by atoms with Gasteiger partial charge < -0.3 is 5.11 Å². The van der Waals surface area contributed by atoms with E-state index in [0.29, 0.717) is 0 Å². The minimum absolute atomic E-state index is 0.0880. The standard InChI is InChI=1S/C8H14O2S/c1-7(2)5(6(9)10)8(3,4)11-7/h5H,1-4H3,(H,9,10). The Kier molecular flexibility index (Phi) is 1.75. The zero-order chi connectivity index (χ0) is 8.86. The first-order valence-electron chi connectivity index (χ1n) is 3.70. The smallest absolute Gasteiger partial charge is 0.309 e. The second kappa shape index (κ2) is 2.16. The van der Waals surface area contributed by atoms with Crippen LogP contribution in [0.25, 0.3) is 0 Å². The predicted molar refractivity (Wildman–Crippen MR) is 46.9 cm³/mol. The lowest BCUT2D eigenvalue weighted by Crippen LogP contribution is -2.57. The van der Waals surface area contributed by atoms with Crippen LogP contribution >= 0.6 is 11.8 Å². The molecule has 1 saturated heterocycles. The first-order chi connectivity index (χ1) is 4.77. The Labute approximate surface area is 71.4 Å². The molecule has 0 bridgehead atoms. The van der Waals surface area contributed by atoms with Crippen molar-refractivity contribution in [1.29, 1.82) is 0 Å². The summed E-state index contributed by atoms with van der Waals surface area (Å²) in [4.78, 5) is 10.8. The number of thioether (sulfide) groups is 1. The van der Waals surface area contributed by atoms with Gasteiger partial charge in [0.25, 0.3) is 0 Å². The molecule has 1 aliphatic rings. The molecule has 0 saturated carbocycles. The molecular weight excluding hydrogens is 160 g/mol. The van der Waals surface area contributed by atoms with Crippen LogP contribution in [0.3, 0.4) is 0 Å². The molecule has 0 unspecified atom stereocenters. The van der Waals surface area contributed by atoms with Crippen LogP contribution in [0.4, 0.5) is 0 Å². The van der Waals surface area contributed by atoms with Gasteiger partial charge in [0.05, 0.1) is 5.92 Å². The van der Waals surface area contributed by atoms with Gasteiger partial charge >= 0.3 is 5.97 Å². The molecule has 0 spiro atoms. The van der Waals surface area contributed by atoms with E-state index < -0.39 is 5.97 Å². The van der Waals surface area contributed by atoms with Crippen molar-refractivity contribution in [3.05, 3.63) is 0 Å². The second-order valence-electron chi connectivity index (χ2n) is 4.08. The van der Waals surface area contributed by atoms with E-state index in [1.807, 2.05) is 27.7 Å². The van der Waals surface area contributed by atoms with Crippen LogP contribution < -0.4 is 0 Å². The fourth-order valence-corrected chi connectivity index (χ4v) is 4.37. The Morgan fingerprint density at radius 1 is 1.27 bits per heavy atom. The Morgan fingerprint density at radius 3 is 1.73 bits per heavy atom. The third kappa shape index (κ3) is 1.26. The largest absolute Gasteiger partial charge is 0.481 e. The fourth-order valence-electron chi connectivity index (χ4n) is 2.17. The molecule has 0 aliphatic carbocycles. The molecule has 1 rings (SSSR count). The Hall–Kier alpha value is -0.180. The minimum Gasteiger partial charge on any atom is -0.481 e. The van der Waals surface area contributed by atoms with Crippen molar-refractivity contribution in [3.63, 3.8) is 0 Å². The number of hydrogen-bond acceptors (Lipinski definition) is 2. The average molecular weight is 174 g/mol. The Morgan fingerprint density at radius 2 is 1.64 bits per heavy atom. The molecule has 1 N–H and O–H groups in total. The van der Waals surface area contributed by atoms with Crippen molar-refractivity contribution in [2.24, 2.45) is 5.92 Å². The first kappa shape index (κ1) is 8.91. The molecule has 0 aromatic rings. The molecule has 2 nitrogen and oxygen atoms in total. The Balaban J connectivity index is 2.81. The highest BCUT2D eigenvalue weighted by Gasteiger charge is 2.57. The van der Waals surface area contributed by atoms with Gasteiger partial charge in [-0.05, 0) is 27.7 Å². The second-order valence-corrected chi connectivity index (χ2v) is 6.39. The quantitative estimate of drug-likeness (QED) is 0.660. The number of carboxylic acids is 1. The van der Waals surface area contributed by atoms with Gasteiger partial charge in [0.2, 0.25) is 0 Å². The van der Waals surface area contributed by atoms with Crippen molar-refractivity contribution in [1.82, 2.24) is 0 Å². The van der Waals surface area contributed by atoms with Crippen LogP contribution in [0.5, 0.6) is 0 Å². The molecule has 1 heterocycles. The normalized spacial score (nSPS) is 27.6. The molecular formula is C8H14O2S. The number of rotatable bonds is 1. The summed E-state index contributed by atoms with van der Waals surface area (Å²) in [7, 11) is 0. The summed E-state index contributed by atoms with van der Waals surface area (Å²) < 4.78 is -0.176. The highest BCUT2D eigenvalue weighted by molar-refractivity contribution is 8.03. The maximum absolute atomic E-state index is 10.8. The molecule has 11 heavy (non-hydrogen) atoms. The van der Waals surface area contributed by atoms with E-state index in [0.717, 1.165) is 0 Å². The number of aliphatic carboxylic acids is 1. The van der Waals surface area contributed by atoms with E-state index in [9.17, 15) is 4.79 Å². The minimum atomic E-state index is -0.668. The summed E-state index contributed by atoms with van der Waals surface area (Å²) in [5.74, 6) is -0.876. The van der Waals surface area contributed by atoms with Gasteiger partial charge in [0.15, 0.2) is 0 Å². The van der Waals surface area contributed by atoms with Gasteiger partial charge in [-0.25, -0.2) is 0 Å². The van der Waals surface area contributed by atoms with Gasteiger partial charge in [-0.3, -0.25) is 4.79 Å². The van der Waals surface area contributed by atoms with Crippen molar-refractivity contribution in [3.8, 4) is 0 Å². The van der Waals surface area contributed by atoms with Crippen molar-refractivity contribution >= 4 is 17.7 Å². The van der Waals surface area contributed by atoms with Gasteiger partial charge in [-0.2, -0.15) is 0 Å². The van der Waals surface area contributed by atoms with Crippen LogP contribution in [0.15, 0.2) is 0 Å². The lowest BCUT2D eigenvalue weighted by atomic mass is 9.82. The summed E-state index contributed by atoms with van der Waals surface area (Å²) in [6.45, 7) is 7.95. The lowest BCUT2D eigenvalue weighted by Gasteiger charge is -2.54. The van der Waals surface area contributed by atoms with Crippen molar-refractivity contribution < 1.29 is 9.90 Å². The van der Waals surface area contributed by atoms with E-state index in [2.05, 4.69) is 0 Å². The zero-order valence-electron chi connectivity index (χ0n) is 7.34. The monoisotopic (exact) mass is 174 g/mol. The van der Waals surface area contributed by atoms with Crippen LogP contribution in [0.1, 0.15) is 27.7 Å². The molecule has 3 heteroatoms. The summed E-state index contributed by atoms with van der Waals surface area (Å²) in [6.07, 6.45) is 0. The number of hydrogen-bond donors (Lipinski definition) is 1. The lowest BCUT2D eigenvalue weighted by molar-refractivity contribution is -0.144. The molecule has 0 aromatic heterocycles. The van der Waals surface area contributed by atoms with Crippen LogP contribution in [-0.4, -0.2) is 20.6 Å². The van der Waals surface area contributed by atoms with Crippen LogP contribution in [0.2, 0.25) is 0 Å². The molecule has 0 atom stereocenters. The van der Waals surface area contributed by atoms with Gasteiger partial charge in [0, 0.05) is 9.49 Å². The molecule has 0 aromatic carbocycles. The van der Waals surface area contributed by atoms with E-state index in [1.54, 1.807) is 11.8 Å². The summed E-state index contributed by atoms with van der Waals surface area (Å²) in [5, 5.41) is 8.89. The van der Waals surface area contributed by atoms with Crippen LogP contribution in [-0.2, 0) is 4.79 Å². The highest BCUT2D eigenvalue weighted by Crippen LogP contribution is 2.59. The summed E-state index contributed by atoms with van der Waals surface area (Å²) in [6, 6.07) is 0. The van der Waals surface area contributed by atoms with Gasteiger partial charge in [0.1, 0.15) is 0 Å². The summed E-state index contributed by atoms with van der Waals surface area (Å²) >= 11 is 1.74. The van der Waals surface area contributed by atoms with Gasteiger partial charge in [-0.1, -0.05) is 0 Å². The number of carbonyl (C=O) groups is 1. The van der Waals surface area contributed by atoms with Gasteiger partial charge in [-0.15, -0.1) is 11.8 Å². The highest BCUT2D eigenvalue weighted by atomic mass is 32.2. The first-order valence-corrected chi connectivity index (χ1v) is 4.52. The van der Waals surface area contributed by atoms with E-state index in [4.69, 9.17) is 5.11 Å². The Bertz CT molecular complexity index is 182. The molecule has 0 radical (unpaired) electrons. The number of carboxylic acid groups (broad SMARTS) is 1. The molecule has 64 valence electrons. The van der Waals surface area contributed by atoms with Crippen LogP contribution in [0, 0.1) is 5.92 Å². The molecule has 1 aliphatic heterocycles.